The van der Waals surface area contributed by atoms with Crippen LogP contribution < -0.4 is 5.32 Å². The van der Waals surface area contributed by atoms with E-state index in [1.54, 1.807) is 0 Å². The zero-order valence-corrected chi connectivity index (χ0v) is 8.35. The second-order valence-corrected chi connectivity index (χ2v) is 3.66. The molecule has 0 radical (unpaired) electrons. The molecule has 0 unspecified atom stereocenters. The molecule has 2 aliphatic heterocycles. The molecule has 3 amide bonds. The fourth-order valence-electron chi connectivity index (χ4n) is 1.69. The summed E-state index contributed by atoms with van der Waals surface area (Å²) >= 11 is 0. The van der Waals surface area contributed by atoms with Crippen molar-refractivity contribution in [2.45, 2.75) is 24.9 Å². The highest BCUT2D eigenvalue weighted by Gasteiger charge is 2.46. The molecule has 2 saturated heterocycles. The molecule has 0 saturated carbocycles. The molecule has 88 valence electrons. The second kappa shape index (κ2) is 3.75. The molecule has 2 heterocycles. The zero-order valence-electron chi connectivity index (χ0n) is 8.35. The van der Waals surface area contributed by atoms with E-state index in [1.165, 1.54) is 0 Å². The molecule has 2 fully saturated rings. The number of alkyl halides is 1. The Hall–Kier alpha value is -1.63. The van der Waals surface area contributed by atoms with Crippen LogP contribution in [0.1, 0.15) is 6.42 Å². The molecule has 7 heteroatoms. The molecule has 6 nitrogen and oxygen atoms in total. The number of carbonyl (C=O) groups is 2. The van der Waals surface area contributed by atoms with E-state index in [-0.39, 0.29) is 18.7 Å². The first-order valence-electron chi connectivity index (χ1n) is 4.78. The first-order valence-corrected chi connectivity index (χ1v) is 4.78. The first-order chi connectivity index (χ1) is 7.50. The summed E-state index contributed by atoms with van der Waals surface area (Å²) in [6.45, 7) is 3.38. The van der Waals surface area contributed by atoms with Crippen LogP contribution in [0.15, 0.2) is 12.3 Å². The molecule has 16 heavy (non-hydrogen) atoms. The number of imide groups is 1. The Balaban J connectivity index is 2.11. The molecule has 0 aromatic heterocycles. The number of aliphatic hydroxyl groups excluding tert-OH is 1. The Morgan fingerprint density at radius 1 is 1.56 bits per heavy atom. The van der Waals surface area contributed by atoms with Gasteiger partial charge in [0.15, 0.2) is 6.17 Å². The minimum absolute atomic E-state index is 0.0897. The van der Waals surface area contributed by atoms with E-state index in [1.807, 2.05) is 0 Å². The number of aliphatic hydroxyl groups is 1. The van der Waals surface area contributed by atoms with Crippen molar-refractivity contribution in [2.75, 3.05) is 6.54 Å². The van der Waals surface area contributed by atoms with Crippen LogP contribution in [-0.4, -0.2) is 47.0 Å². The van der Waals surface area contributed by atoms with Gasteiger partial charge in [-0.05, 0) is 0 Å². The Labute approximate surface area is 90.7 Å². The molecular weight excluding hydrogens is 219 g/mol. The third-order valence-corrected chi connectivity index (χ3v) is 2.57. The normalized spacial score (nSPS) is 35.0. The second-order valence-electron chi connectivity index (χ2n) is 3.66. The number of amides is 3. The van der Waals surface area contributed by atoms with Crippen LogP contribution in [0.3, 0.4) is 0 Å². The fourth-order valence-corrected chi connectivity index (χ4v) is 1.69. The highest BCUT2D eigenvalue weighted by molar-refractivity contribution is 5.96. The molecule has 2 N–H and O–H groups in total. The summed E-state index contributed by atoms with van der Waals surface area (Å²) in [5.74, 6) is -0.605. The minimum atomic E-state index is -1.71. The first kappa shape index (κ1) is 10.9. The van der Waals surface area contributed by atoms with Crippen molar-refractivity contribution in [3.8, 4) is 0 Å². The van der Waals surface area contributed by atoms with Gasteiger partial charge in [0.05, 0.1) is 0 Å². The maximum atomic E-state index is 13.2. The lowest BCUT2D eigenvalue weighted by molar-refractivity contribution is -0.123. The van der Waals surface area contributed by atoms with Gasteiger partial charge in [0, 0.05) is 13.0 Å². The van der Waals surface area contributed by atoms with Crippen molar-refractivity contribution in [3.63, 3.8) is 0 Å². The molecule has 0 bridgehead atoms. The van der Waals surface area contributed by atoms with E-state index in [2.05, 4.69) is 11.9 Å². The van der Waals surface area contributed by atoms with Crippen molar-refractivity contribution in [2.24, 2.45) is 0 Å². The molecule has 2 rings (SSSR count). The van der Waals surface area contributed by atoms with E-state index in [0.717, 1.165) is 4.90 Å². The number of urea groups is 1. The van der Waals surface area contributed by atoms with Gasteiger partial charge in [-0.25, -0.2) is 9.18 Å². The maximum absolute atomic E-state index is 13.2. The third-order valence-electron chi connectivity index (χ3n) is 2.57. The van der Waals surface area contributed by atoms with Crippen molar-refractivity contribution in [3.05, 3.63) is 12.3 Å². The SMILES string of the molecule is C=C1O[C@@H](N2CCC(=O)NC2=O)[C@H](O)[C@@H]1F. The van der Waals surface area contributed by atoms with Crippen LogP contribution in [0.2, 0.25) is 0 Å². The summed E-state index contributed by atoms with van der Waals surface area (Å²) in [5, 5.41) is 11.6. The zero-order chi connectivity index (χ0) is 11.9. The van der Waals surface area contributed by atoms with Crippen LogP contribution in [0.25, 0.3) is 0 Å². The standard InChI is InChI=1S/C9H11FN2O4/c1-4-6(10)7(14)8(16-4)12-3-2-5(13)11-9(12)15/h6-8,14H,1-3H2,(H,11,13,15)/t6-,7-,8-/m1/s1. The van der Waals surface area contributed by atoms with Crippen LogP contribution in [0.5, 0.6) is 0 Å². The summed E-state index contributed by atoms with van der Waals surface area (Å²) in [5.41, 5.74) is 0. The number of nitrogens with one attached hydrogen (secondary N) is 1. The Morgan fingerprint density at radius 2 is 2.25 bits per heavy atom. The van der Waals surface area contributed by atoms with Crippen molar-refractivity contribution >= 4 is 11.9 Å². The van der Waals surface area contributed by atoms with E-state index in [9.17, 15) is 19.1 Å². The number of hydrogen-bond donors (Lipinski definition) is 2. The molecule has 3 atom stereocenters. The molecule has 0 aromatic rings. The lowest BCUT2D eigenvalue weighted by Gasteiger charge is -2.32. The van der Waals surface area contributed by atoms with Gasteiger partial charge >= 0.3 is 6.03 Å². The van der Waals surface area contributed by atoms with Gasteiger partial charge in [0.1, 0.15) is 11.9 Å². The summed E-state index contributed by atoms with van der Waals surface area (Å²) < 4.78 is 18.2. The highest BCUT2D eigenvalue weighted by atomic mass is 19.1. The van der Waals surface area contributed by atoms with Crippen molar-refractivity contribution < 1.29 is 23.8 Å². The Morgan fingerprint density at radius 3 is 2.75 bits per heavy atom. The summed E-state index contributed by atoms with van der Waals surface area (Å²) in [7, 11) is 0. The molecule has 2 aliphatic rings. The van der Waals surface area contributed by atoms with Crippen LogP contribution >= 0.6 is 0 Å². The number of carbonyl (C=O) groups excluding carboxylic acids is 2. The van der Waals surface area contributed by atoms with Gasteiger partial charge in [-0.1, -0.05) is 6.58 Å². The largest absolute Gasteiger partial charge is 0.469 e. The van der Waals surface area contributed by atoms with Crippen molar-refractivity contribution in [1.29, 1.82) is 0 Å². The lowest BCUT2D eigenvalue weighted by atomic mass is 10.2. The smallest absolute Gasteiger partial charge is 0.327 e. The van der Waals surface area contributed by atoms with Gasteiger partial charge in [0.25, 0.3) is 0 Å². The predicted molar refractivity (Wildman–Crippen MR) is 49.8 cm³/mol. The average Bonchev–Trinajstić information content (AvgIpc) is 2.46. The van der Waals surface area contributed by atoms with E-state index in [4.69, 9.17) is 4.74 Å². The number of rotatable bonds is 1. The van der Waals surface area contributed by atoms with E-state index < -0.39 is 30.4 Å². The van der Waals surface area contributed by atoms with E-state index >= 15 is 0 Å². The summed E-state index contributed by atoms with van der Waals surface area (Å²) in [6, 6.07) is -0.692. The van der Waals surface area contributed by atoms with Gasteiger partial charge < -0.3 is 9.84 Å². The number of ether oxygens (including phenoxy) is 1. The van der Waals surface area contributed by atoms with E-state index in [0.29, 0.717) is 0 Å². The van der Waals surface area contributed by atoms with Gasteiger partial charge in [-0.3, -0.25) is 15.0 Å². The summed E-state index contributed by atoms with van der Waals surface area (Å²) in [6.07, 6.45) is -4.20. The third kappa shape index (κ3) is 1.63. The number of hydrogen-bond acceptors (Lipinski definition) is 4. The molecule has 0 aromatic carbocycles. The lowest BCUT2D eigenvalue weighted by Crippen LogP contribution is -2.56. The summed E-state index contributed by atoms with van der Waals surface area (Å²) in [4.78, 5) is 23.4. The van der Waals surface area contributed by atoms with Gasteiger partial charge in [-0.15, -0.1) is 0 Å². The topological polar surface area (TPSA) is 78.9 Å². The molecule has 0 aliphatic carbocycles. The number of halogens is 1. The highest BCUT2D eigenvalue weighted by Crippen LogP contribution is 2.28. The Kier molecular flexibility index (Phi) is 2.55. The monoisotopic (exact) mass is 230 g/mol. The molecular formula is C9H11FN2O4. The number of nitrogens with zero attached hydrogens (tertiary/aromatic N) is 1. The predicted octanol–water partition coefficient (Wildman–Crippen LogP) is -0.503. The maximum Gasteiger partial charge on any atom is 0.327 e. The average molecular weight is 230 g/mol. The van der Waals surface area contributed by atoms with Gasteiger partial charge in [0.2, 0.25) is 12.1 Å². The van der Waals surface area contributed by atoms with Crippen LogP contribution in [0.4, 0.5) is 9.18 Å². The van der Waals surface area contributed by atoms with Crippen molar-refractivity contribution in [1.82, 2.24) is 10.2 Å². The van der Waals surface area contributed by atoms with Gasteiger partial charge in [-0.2, -0.15) is 0 Å². The Bertz CT molecular complexity index is 359. The minimum Gasteiger partial charge on any atom is -0.469 e. The molecule has 0 spiro atoms. The van der Waals surface area contributed by atoms with Crippen LogP contribution in [-0.2, 0) is 9.53 Å². The quantitative estimate of drug-likeness (QED) is 0.636. The van der Waals surface area contributed by atoms with Crippen LogP contribution in [0, 0.1) is 0 Å². The fraction of sp³-hybridized carbons (Fsp3) is 0.556.